The Balaban J connectivity index is 2.43. The van der Waals surface area contributed by atoms with E-state index >= 15 is 0 Å². The lowest BCUT2D eigenvalue weighted by Gasteiger charge is -2.21. The molecule has 0 saturated heterocycles. The van der Waals surface area contributed by atoms with Gasteiger partial charge in [-0.2, -0.15) is 0 Å². The lowest BCUT2D eigenvalue weighted by Crippen LogP contribution is -2.35. The van der Waals surface area contributed by atoms with Crippen molar-refractivity contribution in [3.63, 3.8) is 0 Å². The van der Waals surface area contributed by atoms with Gasteiger partial charge in [0.2, 0.25) is 5.91 Å². The molecule has 1 rings (SSSR count). The largest absolute Gasteiger partial charge is 0.466 e. The number of hydrogen-bond acceptors (Lipinski definition) is 4. The average molecular weight is 293 g/mol. The molecule has 0 aromatic heterocycles. The molecule has 1 aromatic carbocycles. The van der Waals surface area contributed by atoms with Crippen molar-refractivity contribution in [2.24, 2.45) is 0 Å². The Morgan fingerprint density at radius 1 is 1.14 bits per heavy atom. The van der Waals surface area contributed by atoms with Gasteiger partial charge < -0.3 is 14.7 Å². The van der Waals surface area contributed by atoms with E-state index in [-0.39, 0.29) is 38.0 Å². The molecule has 0 spiro atoms. The third kappa shape index (κ3) is 6.90. The van der Waals surface area contributed by atoms with Gasteiger partial charge in [-0.3, -0.25) is 9.59 Å². The molecule has 0 bridgehead atoms. The van der Waals surface area contributed by atoms with Gasteiger partial charge in [0.25, 0.3) is 0 Å². The molecular weight excluding hydrogens is 270 g/mol. The van der Waals surface area contributed by atoms with E-state index in [2.05, 4.69) is 0 Å². The van der Waals surface area contributed by atoms with Gasteiger partial charge in [-0.1, -0.05) is 30.3 Å². The van der Waals surface area contributed by atoms with Crippen LogP contribution in [0.5, 0.6) is 0 Å². The standard InChI is InChI=1S/C16H23NO4/c1-2-21-16(20)10-11-17(12-13-18)15(19)9-8-14-6-4-3-5-7-14/h3-7,18H,2,8-13H2,1H3. The van der Waals surface area contributed by atoms with Crippen LogP contribution in [-0.2, 0) is 20.7 Å². The first kappa shape index (κ1) is 17.2. The van der Waals surface area contributed by atoms with E-state index in [0.717, 1.165) is 5.56 Å². The molecule has 0 atom stereocenters. The fourth-order valence-corrected chi connectivity index (χ4v) is 2.00. The van der Waals surface area contributed by atoms with Crippen molar-refractivity contribution in [3.8, 4) is 0 Å². The van der Waals surface area contributed by atoms with Gasteiger partial charge in [-0.05, 0) is 18.9 Å². The van der Waals surface area contributed by atoms with E-state index in [9.17, 15) is 9.59 Å². The van der Waals surface area contributed by atoms with E-state index in [1.54, 1.807) is 6.92 Å². The van der Waals surface area contributed by atoms with Gasteiger partial charge in [0.15, 0.2) is 0 Å². The number of aryl methyl sites for hydroxylation is 1. The van der Waals surface area contributed by atoms with Crippen molar-refractivity contribution in [1.82, 2.24) is 4.90 Å². The second kappa shape index (κ2) is 9.94. The van der Waals surface area contributed by atoms with Gasteiger partial charge in [-0.25, -0.2) is 0 Å². The fraction of sp³-hybridized carbons (Fsp3) is 0.500. The highest BCUT2D eigenvalue weighted by molar-refractivity contribution is 5.77. The summed E-state index contributed by atoms with van der Waals surface area (Å²) in [7, 11) is 0. The molecule has 1 amide bonds. The Labute approximate surface area is 125 Å². The second-order valence-corrected chi connectivity index (χ2v) is 4.65. The van der Waals surface area contributed by atoms with E-state index < -0.39 is 0 Å². The van der Waals surface area contributed by atoms with Crippen LogP contribution in [0.1, 0.15) is 25.3 Å². The highest BCUT2D eigenvalue weighted by Gasteiger charge is 2.14. The molecule has 5 nitrogen and oxygen atoms in total. The fourth-order valence-electron chi connectivity index (χ4n) is 2.00. The maximum absolute atomic E-state index is 12.1. The topological polar surface area (TPSA) is 66.8 Å². The van der Waals surface area contributed by atoms with E-state index in [4.69, 9.17) is 9.84 Å². The van der Waals surface area contributed by atoms with Crippen LogP contribution in [-0.4, -0.2) is 48.2 Å². The van der Waals surface area contributed by atoms with Crippen molar-refractivity contribution in [2.45, 2.75) is 26.2 Å². The minimum Gasteiger partial charge on any atom is -0.466 e. The monoisotopic (exact) mass is 293 g/mol. The Morgan fingerprint density at radius 3 is 2.48 bits per heavy atom. The second-order valence-electron chi connectivity index (χ2n) is 4.65. The SMILES string of the molecule is CCOC(=O)CCN(CCO)C(=O)CCc1ccccc1. The molecule has 0 fully saturated rings. The van der Waals surface area contributed by atoms with Crippen molar-refractivity contribution in [2.75, 3.05) is 26.3 Å². The molecule has 21 heavy (non-hydrogen) atoms. The molecule has 0 aliphatic rings. The van der Waals surface area contributed by atoms with Gasteiger partial charge >= 0.3 is 5.97 Å². The van der Waals surface area contributed by atoms with Crippen LogP contribution < -0.4 is 0 Å². The first-order valence-corrected chi connectivity index (χ1v) is 7.25. The normalized spacial score (nSPS) is 10.2. The molecule has 1 N–H and O–H groups in total. The zero-order valence-corrected chi connectivity index (χ0v) is 12.5. The summed E-state index contributed by atoms with van der Waals surface area (Å²) in [6.45, 7) is 2.50. The maximum atomic E-state index is 12.1. The van der Waals surface area contributed by atoms with E-state index in [0.29, 0.717) is 19.4 Å². The van der Waals surface area contributed by atoms with Crippen molar-refractivity contribution in [1.29, 1.82) is 0 Å². The molecule has 116 valence electrons. The minimum atomic E-state index is -0.323. The molecule has 5 heteroatoms. The van der Waals surface area contributed by atoms with Crippen LogP contribution in [0.25, 0.3) is 0 Å². The molecule has 0 aliphatic heterocycles. The Hall–Kier alpha value is -1.88. The molecule has 1 aromatic rings. The van der Waals surface area contributed by atoms with Crippen LogP contribution in [0.3, 0.4) is 0 Å². The third-order valence-corrected chi connectivity index (χ3v) is 3.08. The number of aliphatic hydroxyl groups is 1. The molecular formula is C16H23NO4. The summed E-state index contributed by atoms with van der Waals surface area (Å²) in [5, 5.41) is 9.03. The van der Waals surface area contributed by atoms with Crippen LogP contribution in [0, 0.1) is 0 Å². The summed E-state index contributed by atoms with van der Waals surface area (Å²) < 4.78 is 4.84. The van der Waals surface area contributed by atoms with Crippen LogP contribution in [0.4, 0.5) is 0 Å². The maximum Gasteiger partial charge on any atom is 0.307 e. The van der Waals surface area contributed by atoms with Crippen molar-refractivity contribution >= 4 is 11.9 Å². The summed E-state index contributed by atoms with van der Waals surface area (Å²) in [5.41, 5.74) is 1.10. The van der Waals surface area contributed by atoms with Gasteiger partial charge in [-0.15, -0.1) is 0 Å². The zero-order chi connectivity index (χ0) is 15.5. The molecule has 0 unspecified atom stereocenters. The molecule has 0 radical (unpaired) electrons. The first-order valence-electron chi connectivity index (χ1n) is 7.25. The number of aliphatic hydroxyl groups excluding tert-OH is 1. The molecule has 0 aliphatic carbocycles. The predicted molar refractivity (Wildman–Crippen MR) is 79.7 cm³/mol. The highest BCUT2D eigenvalue weighted by Crippen LogP contribution is 2.05. The van der Waals surface area contributed by atoms with Crippen LogP contribution in [0.2, 0.25) is 0 Å². The summed E-state index contributed by atoms with van der Waals surface area (Å²) in [6.07, 6.45) is 1.18. The number of carbonyl (C=O) groups is 2. The summed E-state index contributed by atoms with van der Waals surface area (Å²) >= 11 is 0. The summed E-state index contributed by atoms with van der Waals surface area (Å²) in [4.78, 5) is 25.0. The predicted octanol–water partition coefficient (Wildman–Crippen LogP) is 1.39. The lowest BCUT2D eigenvalue weighted by molar-refractivity contribution is -0.144. The van der Waals surface area contributed by atoms with Crippen LogP contribution in [0.15, 0.2) is 30.3 Å². The van der Waals surface area contributed by atoms with Gasteiger partial charge in [0.1, 0.15) is 0 Å². The Morgan fingerprint density at radius 2 is 1.86 bits per heavy atom. The van der Waals surface area contributed by atoms with E-state index in [1.807, 2.05) is 30.3 Å². The highest BCUT2D eigenvalue weighted by atomic mass is 16.5. The number of amides is 1. The number of esters is 1. The number of benzene rings is 1. The van der Waals surface area contributed by atoms with Crippen molar-refractivity contribution < 1.29 is 19.4 Å². The van der Waals surface area contributed by atoms with Crippen molar-refractivity contribution in [3.05, 3.63) is 35.9 Å². The number of nitrogens with zero attached hydrogens (tertiary/aromatic N) is 1. The molecule has 0 saturated carbocycles. The lowest BCUT2D eigenvalue weighted by atomic mass is 10.1. The smallest absolute Gasteiger partial charge is 0.307 e. The summed E-state index contributed by atoms with van der Waals surface area (Å²) in [5.74, 6) is -0.381. The molecule has 0 heterocycles. The van der Waals surface area contributed by atoms with Gasteiger partial charge in [0.05, 0.1) is 19.6 Å². The average Bonchev–Trinajstić information content (AvgIpc) is 2.50. The van der Waals surface area contributed by atoms with Gasteiger partial charge in [0, 0.05) is 19.5 Å². The number of rotatable bonds is 9. The Bertz CT molecular complexity index is 433. The number of hydrogen-bond donors (Lipinski definition) is 1. The van der Waals surface area contributed by atoms with Crippen LogP contribution >= 0.6 is 0 Å². The minimum absolute atomic E-state index is 0.0581. The summed E-state index contributed by atoms with van der Waals surface area (Å²) in [6, 6.07) is 9.76. The third-order valence-electron chi connectivity index (χ3n) is 3.08. The quantitative estimate of drug-likeness (QED) is 0.699. The first-order chi connectivity index (χ1) is 10.2. The Kier molecular flexibility index (Phi) is 8.12. The number of ether oxygens (including phenoxy) is 1. The zero-order valence-electron chi connectivity index (χ0n) is 12.5. The number of carbonyl (C=O) groups excluding carboxylic acids is 2. The van der Waals surface area contributed by atoms with E-state index in [1.165, 1.54) is 4.90 Å².